The van der Waals surface area contributed by atoms with Crippen molar-refractivity contribution in [1.29, 1.82) is 0 Å². The minimum Gasteiger partial charge on any atom is -0.462 e. The topological polar surface area (TPSA) is 52.3 Å². The van der Waals surface area contributed by atoms with Crippen molar-refractivity contribution < 1.29 is 31.5 Å². The molecule has 0 aliphatic carbocycles. The molecule has 1 rings (SSSR count). The molecule has 0 aromatic heterocycles. The summed E-state index contributed by atoms with van der Waals surface area (Å²) in [5, 5.41) is 0. The number of hydrogen-bond acceptors (Lipinski definition) is 3. The van der Waals surface area contributed by atoms with Gasteiger partial charge in [0.1, 0.15) is 11.9 Å². The number of hydrogen-bond donors (Lipinski definition) is 1. The van der Waals surface area contributed by atoms with Crippen molar-refractivity contribution in [2.45, 2.75) is 18.9 Å². The van der Waals surface area contributed by atoms with Gasteiger partial charge in [0, 0.05) is 11.6 Å². The maximum absolute atomic E-state index is 13.5. The number of carbonyl (C=O) groups excluding carboxylic acids is 1. The Hall–Kier alpha value is -1.70. The van der Waals surface area contributed by atoms with Gasteiger partial charge in [-0.05, 0) is 13.0 Å². The normalized spacial score (nSPS) is 13.2. The summed E-state index contributed by atoms with van der Waals surface area (Å²) in [5.74, 6) is -10.8. The minimum absolute atomic E-state index is 0.0752. The number of ether oxygens (including phenoxy) is 1. The van der Waals surface area contributed by atoms with Crippen LogP contribution in [0.3, 0.4) is 0 Å². The number of alkyl halides is 2. The van der Waals surface area contributed by atoms with Crippen LogP contribution in [0.1, 0.15) is 18.5 Å². The first kappa shape index (κ1) is 15.4. The predicted molar refractivity (Wildman–Crippen MR) is 54.8 cm³/mol. The third kappa shape index (κ3) is 3.01. The molecule has 1 atom stereocenters. The van der Waals surface area contributed by atoms with Crippen LogP contribution in [0.4, 0.5) is 22.0 Å². The van der Waals surface area contributed by atoms with Crippen molar-refractivity contribution in [3.8, 4) is 0 Å². The highest BCUT2D eigenvalue weighted by atomic mass is 19.3. The van der Waals surface area contributed by atoms with Crippen LogP contribution in [0.5, 0.6) is 0 Å². The fourth-order valence-electron chi connectivity index (χ4n) is 1.33. The van der Waals surface area contributed by atoms with Crippen LogP contribution in [0.2, 0.25) is 0 Å². The zero-order chi connectivity index (χ0) is 14.8. The molecule has 0 heterocycles. The second kappa shape index (κ2) is 5.52. The smallest absolute Gasteiger partial charge is 0.379 e. The van der Waals surface area contributed by atoms with Crippen LogP contribution >= 0.6 is 0 Å². The van der Waals surface area contributed by atoms with E-state index in [4.69, 9.17) is 5.73 Å². The second-order valence-corrected chi connectivity index (χ2v) is 3.61. The third-order valence-electron chi connectivity index (χ3n) is 2.31. The van der Waals surface area contributed by atoms with Gasteiger partial charge in [-0.1, -0.05) is 0 Å². The van der Waals surface area contributed by atoms with E-state index < -0.39 is 40.9 Å². The van der Waals surface area contributed by atoms with Gasteiger partial charge in [-0.2, -0.15) is 8.78 Å². The summed E-state index contributed by atoms with van der Waals surface area (Å²) in [4.78, 5) is 11.0. The largest absolute Gasteiger partial charge is 0.462 e. The van der Waals surface area contributed by atoms with Gasteiger partial charge in [-0.25, -0.2) is 18.0 Å². The molecular weight excluding hydrogens is 273 g/mol. The number of halogens is 5. The molecule has 1 aromatic rings. The summed E-state index contributed by atoms with van der Waals surface area (Å²) >= 11 is 0. The number of esters is 1. The molecule has 3 nitrogen and oxygen atoms in total. The Bertz CT molecular complexity index is 492. The second-order valence-electron chi connectivity index (χ2n) is 3.61. The first-order chi connectivity index (χ1) is 8.71. The fraction of sp³-hybridized carbons (Fsp3) is 0.364. The van der Waals surface area contributed by atoms with Gasteiger partial charge in [0.15, 0.2) is 11.6 Å². The standard InChI is InChI=1S/C11H10F5NO2/c1-2-19-10(18)11(15,16)9(17)5-3-7(13)8(14)4-6(5)12/h3-4,9H,2,17H2,1H3/t9-/m0/s1. The maximum atomic E-state index is 13.5. The van der Waals surface area contributed by atoms with Gasteiger partial charge < -0.3 is 10.5 Å². The van der Waals surface area contributed by atoms with Crippen LogP contribution in [0.15, 0.2) is 12.1 Å². The Morgan fingerprint density at radius 2 is 1.79 bits per heavy atom. The highest BCUT2D eigenvalue weighted by Crippen LogP contribution is 2.32. The summed E-state index contributed by atoms with van der Waals surface area (Å²) in [5.41, 5.74) is 4.03. The average Bonchev–Trinajstić information content (AvgIpc) is 2.33. The van der Waals surface area contributed by atoms with Gasteiger partial charge >= 0.3 is 11.9 Å². The predicted octanol–water partition coefficient (Wildman–Crippen LogP) is 2.30. The Morgan fingerprint density at radius 3 is 2.32 bits per heavy atom. The highest BCUT2D eigenvalue weighted by molar-refractivity contribution is 5.78. The van der Waals surface area contributed by atoms with Crippen LogP contribution in [-0.4, -0.2) is 18.5 Å². The van der Waals surface area contributed by atoms with Crippen molar-refractivity contribution >= 4 is 5.97 Å². The highest BCUT2D eigenvalue weighted by Gasteiger charge is 2.48. The Morgan fingerprint density at radius 1 is 1.26 bits per heavy atom. The number of benzene rings is 1. The molecular formula is C11H10F5NO2. The van der Waals surface area contributed by atoms with Gasteiger partial charge in [0.05, 0.1) is 6.61 Å². The molecule has 0 fully saturated rings. The van der Waals surface area contributed by atoms with E-state index >= 15 is 0 Å². The lowest BCUT2D eigenvalue weighted by Crippen LogP contribution is -2.42. The van der Waals surface area contributed by atoms with Crippen molar-refractivity contribution in [3.05, 3.63) is 35.1 Å². The Balaban J connectivity index is 3.15. The van der Waals surface area contributed by atoms with E-state index in [2.05, 4.69) is 4.74 Å². The van der Waals surface area contributed by atoms with E-state index in [1.807, 2.05) is 0 Å². The molecule has 1 aromatic carbocycles. The summed E-state index contributed by atoms with van der Waals surface area (Å²) in [6.07, 6.45) is 0. The van der Waals surface area contributed by atoms with Crippen LogP contribution in [0.25, 0.3) is 0 Å². The lowest BCUT2D eigenvalue weighted by Gasteiger charge is -2.22. The van der Waals surface area contributed by atoms with Crippen LogP contribution in [-0.2, 0) is 9.53 Å². The first-order valence-corrected chi connectivity index (χ1v) is 5.16. The quantitative estimate of drug-likeness (QED) is 0.524. The fourth-order valence-corrected chi connectivity index (χ4v) is 1.33. The molecule has 106 valence electrons. The molecule has 0 aliphatic rings. The molecule has 19 heavy (non-hydrogen) atoms. The Kier molecular flexibility index (Phi) is 4.46. The van der Waals surface area contributed by atoms with Gasteiger partial charge in [0.2, 0.25) is 0 Å². The molecule has 0 unspecified atom stereocenters. The molecule has 0 spiro atoms. The van der Waals surface area contributed by atoms with Crippen molar-refractivity contribution in [3.63, 3.8) is 0 Å². The average molecular weight is 283 g/mol. The molecule has 0 radical (unpaired) electrons. The number of rotatable bonds is 4. The first-order valence-electron chi connectivity index (χ1n) is 5.16. The third-order valence-corrected chi connectivity index (χ3v) is 2.31. The lowest BCUT2D eigenvalue weighted by molar-refractivity contribution is -0.174. The monoisotopic (exact) mass is 283 g/mol. The summed E-state index contributed by atoms with van der Waals surface area (Å²) in [6.45, 7) is 0.957. The van der Waals surface area contributed by atoms with Crippen molar-refractivity contribution in [2.24, 2.45) is 5.73 Å². The maximum Gasteiger partial charge on any atom is 0.379 e. The van der Waals surface area contributed by atoms with E-state index in [1.165, 1.54) is 6.92 Å². The van der Waals surface area contributed by atoms with E-state index in [1.54, 1.807) is 0 Å². The number of nitrogens with two attached hydrogens (primary N) is 1. The summed E-state index contributed by atoms with van der Waals surface area (Å²) in [7, 11) is 0. The molecule has 0 saturated heterocycles. The van der Waals surface area contributed by atoms with E-state index in [0.717, 1.165) is 0 Å². The van der Waals surface area contributed by atoms with Crippen LogP contribution < -0.4 is 5.73 Å². The van der Waals surface area contributed by atoms with E-state index in [0.29, 0.717) is 0 Å². The molecule has 0 saturated carbocycles. The van der Waals surface area contributed by atoms with Crippen molar-refractivity contribution in [2.75, 3.05) is 6.61 Å². The Labute approximate surface area is 105 Å². The van der Waals surface area contributed by atoms with Crippen LogP contribution in [0, 0.1) is 17.5 Å². The summed E-state index contributed by atoms with van der Waals surface area (Å²) < 4.78 is 70.0. The van der Waals surface area contributed by atoms with E-state index in [-0.39, 0.29) is 18.7 Å². The SMILES string of the molecule is CCOC(=O)C(F)(F)[C@@H](N)c1cc(F)c(F)cc1F. The molecule has 0 bridgehead atoms. The summed E-state index contributed by atoms with van der Waals surface area (Å²) in [6, 6.07) is -2.23. The van der Waals surface area contributed by atoms with Gasteiger partial charge in [0.25, 0.3) is 0 Å². The molecule has 0 aliphatic heterocycles. The van der Waals surface area contributed by atoms with Crippen molar-refractivity contribution in [1.82, 2.24) is 0 Å². The zero-order valence-corrected chi connectivity index (χ0v) is 9.72. The van der Waals surface area contributed by atoms with Gasteiger partial charge in [-0.3, -0.25) is 0 Å². The molecule has 0 amide bonds. The van der Waals surface area contributed by atoms with Gasteiger partial charge in [-0.15, -0.1) is 0 Å². The molecule has 8 heteroatoms. The van der Waals surface area contributed by atoms with E-state index in [9.17, 15) is 26.7 Å². The molecule has 2 N–H and O–H groups in total. The zero-order valence-electron chi connectivity index (χ0n) is 9.72. The minimum atomic E-state index is -4.26. The number of carbonyl (C=O) groups is 1. The lowest BCUT2D eigenvalue weighted by atomic mass is 10.0.